The van der Waals surface area contributed by atoms with E-state index >= 15 is 0 Å². The third-order valence-electron chi connectivity index (χ3n) is 4.64. The lowest BCUT2D eigenvalue weighted by molar-refractivity contribution is -0.146. The molecule has 0 aromatic heterocycles. The van der Waals surface area contributed by atoms with Gasteiger partial charge < -0.3 is 19.3 Å². The maximum absolute atomic E-state index is 12.3. The summed E-state index contributed by atoms with van der Waals surface area (Å²) in [5.74, 6) is 0.608. The normalized spacial score (nSPS) is 20.6. The second-order valence-electron chi connectivity index (χ2n) is 6.41. The molecule has 2 heterocycles. The van der Waals surface area contributed by atoms with Crippen LogP contribution in [0, 0.1) is 6.92 Å². The van der Waals surface area contributed by atoms with Gasteiger partial charge in [-0.3, -0.25) is 9.59 Å². The molecule has 0 spiro atoms. The minimum Gasteiger partial charge on any atom is -0.484 e. The molecule has 6 nitrogen and oxygen atoms in total. The number of halogens is 1. The number of benzene rings is 1. The number of nitrogens with zero attached hydrogens (tertiary/aromatic N) is 2. The summed E-state index contributed by atoms with van der Waals surface area (Å²) in [4.78, 5) is 28.1. The van der Waals surface area contributed by atoms with Crippen LogP contribution in [-0.4, -0.2) is 67.1 Å². The second kappa shape index (κ2) is 8.06. The summed E-state index contributed by atoms with van der Waals surface area (Å²) < 4.78 is 11.0. The molecule has 0 unspecified atom stereocenters. The monoisotopic (exact) mass is 366 g/mol. The van der Waals surface area contributed by atoms with Gasteiger partial charge in [-0.1, -0.05) is 11.6 Å². The molecular weight excluding hydrogens is 344 g/mol. The van der Waals surface area contributed by atoms with Crippen LogP contribution >= 0.6 is 11.6 Å². The van der Waals surface area contributed by atoms with Crippen LogP contribution in [0.25, 0.3) is 0 Å². The molecule has 1 aromatic carbocycles. The molecule has 25 heavy (non-hydrogen) atoms. The summed E-state index contributed by atoms with van der Waals surface area (Å²) in [6.07, 6.45) is 1.45. The summed E-state index contributed by atoms with van der Waals surface area (Å²) >= 11 is 5.98. The van der Waals surface area contributed by atoms with Crippen LogP contribution in [0.5, 0.6) is 5.75 Å². The Morgan fingerprint density at radius 3 is 2.60 bits per heavy atom. The topological polar surface area (TPSA) is 59.1 Å². The summed E-state index contributed by atoms with van der Waals surface area (Å²) in [7, 11) is 0. The number of carbonyl (C=O) groups excluding carboxylic acids is 2. The molecule has 3 rings (SSSR count). The zero-order valence-corrected chi connectivity index (χ0v) is 15.1. The molecule has 2 fully saturated rings. The summed E-state index contributed by atoms with van der Waals surface area (Å²) in [6, 6.07) is 5.32. The van der Waals surface area contributed by atoms with Crippen molar-refractivity contribution in [3.8, 4) is 5.75 Å². The third kappa shape index (κ3) is 4.44. The fourth-order valence-corrected chi connectivity index (χ4v) is 3.21. The van der Waals surface area contributed by atoms with E-state index < -0.39 is 0 Å². The number of ether oxygens (including phenoxy) is 2. The molecule has 2 aliphatic heterocycles. The molecule has 2 amide bonds. The van der Waals surface area contributed by atoms with Crippen molar-refractivity contribution in [3.05, 3.63) is 28.8 Å². The maximum Gasteiger partial charge on any atom is 0.260 e. The quantitative estimate of drug-likeness (QED) is 0.816. The van der Waals surface area contributed by atoms with Crippen LogP contribution < -0.4 is 4.74 Å². The first-order chi connectivity index (χ1) is 12.0. The molecule has 7 heteroatoms. The Morgan fingerprint density at radius 2 is 1.96 bits per heavy atom. The number of piperazine rings is 1. The number of hydrogen-bond donors (Lipinski definition) is 0. The lowest BCUT2D eigenvalue weighted by atomic mass is 10.2. The van der Waals surface area contributed by atoms with Gasteiger partial charge in [-0.15, -0.1) is 0 Å². The largest absolute Gasteiger partial charge is 0.484 e. The fraction of sp³-hybridized carbons (Fsp3) is 0.556. The van der Waals surface area contributed by atoms with E-state index in [1.54, 1.807) is 21.9 Å². The van der Waals surface area contributed by atoms with Crippen molar-refractivity contribution in [2.75, 3.05) is 39.4 Å². The minimum absolute atomic E-state index is 0.0131. The highest BCUT2D eigenvalue weighted by Crippen LogP contribution is 2.21. The maximum atomic E-state index is 12.3. The lowest BCUT2D eigenvalue weighted by Crippen LogP contribution is -2.53. The van der Waals surface area contributed by atoms with Crippen LogP contribution in [0.4, 0.5) is 0 Å². The van der Waals surface area contributed by atoms with E-state index in [2.05, 4.69) is 0 Å². The van der Waals surface area contributed by atoms with Crippen LogP contribution in [0.3, 0.4) is 0 Å². The lowest BCUT2D eigenvalue weighted by Gasteiger charge is -2.35. The van der Waals surface area contributed by atoms with Gasteiger partial charge >= 0.3 is 0 Å². The average Bonchev–Trinajstić information content (AvgIpc) is 3.16. The zero-order valence-electron chi connectivity index (χ0n) is 14.4. The number of aryl methyl sites for hydroxylation is 1. The van der Waals surface area contributed by atoms with Crippen molar-refractivity contribution in [1.82, 2.24) is 9.80 Å². The van der Waals surface area contributed by atoms with E-state index in [1.165, 1.54) is 0 Å². The Morgan fingerprint density at radius 1 is 1.24 bits per heavy atom. The van der Waals surface area contributed by atoms with Gasteiger partial charge in [0.05, 0.1) is 0 Å². The Balaban J connectivity index is 1.44. The van der Waals surface area contributed by atoms with Crippen LogP contribution in [0.1, 0.15) is 18.4 Å². The van der Waals surface area contributed by atoms with E-state index in [4.69, 9.17) is 21.1 Å². The van der Waals surface area contributed by atoms with Gasteiger partial charge in [0, 0.05) is 37.8 Å². The predicted octanol–water partition coefficient (Wildman–Crippen LogP) is 1.88. The van der Waals surface area contributed by atoms with Crippen molar-refractivity contribution >= 4 is 23.4 Å². The molecule has 136 valence electrons. The molecule has 2 saturated heterocycles. The first-order valence-electron chi connectivity index (χ1n) is 8.62. The van der Waals surface area contributed by atoms with E-state index in [1.807, 2.05) is 13.0 Å². The van der Waals surface area contributed by atoms with Gasteiger partial charge in [0.25, 0.3) is 11.8 Å². The number of carbonyl (C=O) groups is 2. The molecule has 0 N–H and O–H groups in total. The molecule has 0 bridgehead atoms. The van der Waals surface area contributed by atoms with E-state index in [0.29, 0.717) is 43.6 Å². The first-order valence-corrected chi connectivity index (χ1v) is 8.99. The van der Waals surface area contributed by atoms with Crippen LogP contribution in [0.2, 0.25) is 5.02 Å². The highest BCUT2D eigenvalue weighted by atomic mass is 35.5. The highest BCUT2D eigenvalue weighted by Gasteiger charge is 2.31. The van der Waals surface area contributed by atoms with Gasteiger partial charge in [-0.05, 0) is 43.5 Å². The number of hydrogen-bond acceptors (Lipinski definition) is 4. The van der Waals surface area contributed by atoms with Crippen molar-refractivity contribution in [3.63, 3.8) is 0 Å². The molecule has 1 aromatic rings. The van der Waals surface area contributed by atoms with Crippen molar-refractivity contribution in [2.24, 2.45) is 0 Å². The van der Waals surface area contributed by atoms with Gasteiger partial charge in [-0.25, -0.2) is 0 Å². The van der Waals surface area contributed by atoms with Gasteiger partial charge in [0.15, 0.2) is 6.61 Å². The molecule has 0 aliphatic carbocycles. The summed E-state index contributed by atoms with van der Waals surface area (Å²) in [6.45, 7) is 4.69. The summed E-state index contributed by atoms with van der Waals surface area (Å²) in [5.41, 5.74) is 0.910. The second-order valence-corrected chi connectivity index (χ2v) is 6.81. The average molecular weight is 367 g/mol. The van der Waals surface area contributed by atoms with Gasteiger partial charge in [-0.2, -0.15) is 0 Å². The Kier molecular flexibility index (Phi) is 5.81. The molecule has 1 atom stereocenters. The Bertz CT molecular complexity index is 638. The predicted molar refractivity (Wildman–Crippen MR) is 93.8 cm³/mol. The standard InChI is InChI=1S/C18H23ClN2O4/c1-13-11-14(4-5-15(13)19)25-12-17(22)20-6-8-21(9-7-20)18(23)16-3-2-10-24-16/h4-5,11,16H,2-3,6-10,12H2,1H3/t16-/m1/s1. The highest BCUT2D eigenvalue weighted by molar-refractivity contribution is 6.31. The van der Waals surface area contributed by atoms with Crippen LogP contribution in [0.15, 0.2) is 18.2 Å². The molecule has 2 aliphatic rings. The molecule has 0 saturated carbocycles. The van der Waals surface area contributed by atoms with Crippen molar-refractivity contribution < 1.29 is 19.1 Å². The van der Waals surface area contributed by atoms with E-state index in [9.17, 15) is 9.59 Å². The smallest absolute Gasteiger partial charge is 0.260 e. The van der Waals surface area contributed by atoms with Gasteiger partial charge in [0.2, 0.25) is 0 Å². The molecule has 0 radical (unpaired) electrons. The first kappa shape index (κ1) is 18.0. The van der Waals surface area contributed by atoms with E-state index in [0.717, 1.165) is 18.4 Å². The number of rotatable bonds is 4. The molecular formula is C18H23ClN2O4. The van der Waals surface area contributed by atoms with E-state index in [-0.39, 0.29) is 24.5 Å². The van der Waals surface area contributed by atoms with Crippen molar-refractivity contribution in [1.29, 1.82) is 0 Å². The SMILES string of the molecule is Cc1cc(OCC(=O)N2CCN(C(=O)[C@H]3CCCO3)CC2)ccc1Cl. The van der Waals surface area contributed by atoms with Gasteiger partial charge in [0.1, 0.15) is 11.9 Å². The zero-order chi connectivity index (χ0) is 17.8. The Hall–Kier alpha value is -1.79. The number of amides is 2. The third-order valence-corrected chi connectivity index (χ3v) is 5.06. The fourth-order valence-electron chi connectivity index (χ4n) is 3.10. The van der Waals surface area contributed by atoms with Crippen LogP contribution in [-0.2, 0) is 14.3 Å². The van der Waals surface area contributed by atoms with Crippen molar-refractivity contribution in [2.45, 2.75) is 25.9 Å². The minimum atomic E-state index is -0.293. The Labute approximate surface area is 152 Å². The summed E-state index contributed by atoms with van der Waals surface area (Å²) in [5, 5.41) is 0.672.